The Bertz CT molecular complexity index is 1440. The van der Waals surface area contributed by atoms with E-state index >= 15 is 0 Å². The van der Waals surface area contributed by atoms with Gasteiger partial charge in [-0.3, -0.25) is 10.1 Å². The molecule has 1 unspecified atom stereocenters. The smallest absolute Gasteiger partial charge is 0.256 e. The lowest BCUT2D eigenvalue weighted by Gasteiger charge is -2.41. The number of aryl methyl sites for hydroxylation is 2. The first-order chi connectivity index (χ1) is 18.1. The van der Waals surface area contributed by atoms with Gasteiger partial charge in [-0.15, -0.1) is 0 Å². The summed E-state index contributed by atoms with van der Waals surface area (Å²) in [5.74, 6) is 2.43. The second-order valence-corrected chi connectivity index (χ2v) is 10.9. The van der Waals surface area contributed by atoms with Gasteiger partial charge in [0.2, 0.25) is 0 Å². The van der Waals surface area contributed by atoms with Crippen molar-refractivity contribution in [3.05, 3.63) is 58.0 Å². The SMILES string of the molecule is Cc1oc2c(c1C(O)N[C@@]1(C)CCOC1)CCC(Oc1ccnn3cc(C(=O)N4C[C@H](F)[C@H]4C)c(C)c13)=C2. The van der Waals surface area contributed by atoms with Gasteiger partial charge >= 0.3 is 0 Å². The number of nitrogens with one attached hydrogen (secondary N) is 1. The summed E-state index contributed by atoms with van der Waals surface area (Å²) in [6, 6.07) is 1.34. The predicted molar refractivity (Wildman–Crippen MR) is 138 cm³/mol. The molecule has 0 aromatic carbocycles. The molecule has 4 atom stereocenters. The van der Waals surface area contributed by atoms with Gasteiger partial charge < -0.3 is 23.9 Å². The molecule has 202 valence electrons. The summed E-state index contributed by atoms with van der Waals surface area (Å²) >= 11 is 0. The monoisotopic (exact) mass is 524 g/mol. The van der Waals surface area contributed by atoms with E-state index in [0.717, 1.165) is 28.9 Å². The van der Waals surface area contributed by atoms with Gasteiger partial charge in [-0.1, -0.05) is 0 Å². The van der Waals surface area contributed by atoms with E-state index in [1.165, 1.54) is 0 Å². The number of ether oxygens (including phenoxy) is 2. The van der Waals surface area contributed by atoms with Crippen molar-refractivity contribution >= 4 is 17.5 Å². The van der Waals surface area contributed by atoms with Crippen LogP contribution < -0.4 is 10.1 Å². The normalized spacial score (nSPS) is 25.7. The Hall–Kier alpha value is -3.21. The number of aliphatic hydroxyl groups excluding tert-OH is 1. The molecule has 2 saturated heterocycles. The fourth-order valence-corrected chi connectivity index (χ4v) is 5.74. The summed E-state index contributed by atoms with van der Waals surface area (Å²) in [4.78, 5) is 14.6. The summed E-state index contributed by atoms with van der Waals surface area (Å²) in [5.41, 5.74) is 3.38. The van der Waals surface area contributed by atoms with Crippen LogP contribution in [0.4, 0.5) is 4.39 Å². The third-order valence-corrected chi connectivity index (χ3v) is 8.16. The zero-order valence-corrected chi connectivity index (χ0v) is 22.1. The number of rotatable bonds is 6. The second kappa shape index (κ2) is 9.21. The molecule has 6 rings (SSSR count). The third-order valence-electron chi connectivity index (χ3n) is 8.16. The molecule has 10 heteroatoms. The maximum atomic E-state index is 13.7. The summed E-state index contributed by atoms with van der Waals surface area (Å²) in [5, 5.41) is 18.7. The van der Waals surface area contributed by atoms with E-state index in [2.05, 4.69) is 17.3 Å². The van der Waals surface area contributed by atoms with Crippen LogP contribution in [0, 0.1) is 13.8 Å². The number of fused-ring (bicyclic) bond motifs is 2. The molecule has 3 aromatic heterocycles. The van der Waals surface area contributed by atoms with Crippen LogP contribution in [-0.2, 0) is 11.2 Å². The molecule has 0 saturated carbocycles. The molecule has 0 spiro atoms. The van der Waals surface area contributed by atoms with E-state index in [1.807, 2.05) is 19.9 Å². The number of likely N-dealkylation sites (tertiary alicyclic amines) is 1. The quantitative estimate of drug-likeness (QED) is 0.473. The van der Waals surface area contributed by atoms with E-state index in [4.69, 9.17) is 13.9 Å². The number of aliphatic hydroxyl groups is 1. The Kier molecular flexibility index (Phi) is 6.08. The van der Waals surface area contributed by atoms with Crippen LogP contribution >= 0.6 is 0 Å². The van der Waals surface area contributed by atoms with E-state index in [1.54, 1.807) is 34.8 Å². The van der Waals surface area contributed by atoms with Gasteiger partial charge in [-0.05, 0) is 46.1 Å². The summed E-state index contributed by atoms with van der Waals surface area (Å²) < 4.78 is 33.2. The first-order valence-corrected chi connectivity index (χ1v) is 13.1. The van der Waals surface area contributed by atoms with Crippen LogP contribution in [0.25, 0.3) is 11.6 Å². The lowest BCUT2D eigenvalue weighted by molar-refractivity contribution is 0.00637. The van der Waals surface area contributed by atoms with Crippen LogP contribution in [0.5, 0.6) is 5.75 Å². The number of carbonyl (C=O) groups excluding carboxylic acids is 1. The minimum atomic E-state index is -0.987. The van der Waals surface area contributed by atoms with Crippen molar-refractivity contribution in [3.8, 4) is 5.75 Å². The highest BCUT2D eigenvalue weighted by Crippen LogP contribution is 2.37. The van der Waals surface area contributed by atoms with Crippen molar-refractivity contribution in [1.82, 2.24) is 19.8 Å². The molecule has 0 radical (unpaired) electrons. The van der Waals surface area contributed by atoms with E-state index < -0.39 is 18.4 Å². The number of alkyl halides is 1. The van der Waals surface area contributed by atoms with E-state index in [-0.39, 0.29) is 18.0 Å². The first-order valence-electron chi connectivity index (χ1n) is 13.1. The van der Waals surface area contributed by atoms with Crippen molar-refractivity contribution in [3.63, 3.8) is 0 Å². The van der Waals surface area contributed by atoms with Gasteiger partial charge in [0.1, 0.15) is 35.2 Å². The second-order valence-electron chi connectivity index (χ2n) is 10.9. The molecule has 0 bridgehead atoms. The lowest BCUT2D eigenvalue weighted by Crippen LogP contribution is -2.58. The Morgan fingerprint density at radius 1 is 1.37 bits per heavy atom. The van der Waals surface area contributed by atoms with Crippen molar-refractivity contribution < 1.29 is 28.2 Å². The molecule has 5 heterocycles. The molecule has 2 aliphatic heterocycles. The first kappa shape index (κ1) is 25.1. The van der Waals surface area contributed by atoms with Crippen LogP contribution in [0.15, 0.2) is 28.6 Å². The van der Waals surface area contributed by atoms with Crippen LogP contribution in [0.2, 0.25) is 0 Å². The zero-order valence-electron chi connectivity index (χ0n) is 22.1. The number of halogens is 1. The van der Waals surface area contributed by atoms with E-state index in [0.29, 0.717) is 54.4 Å². The Balaban J connectivity index is 1.26. The summed E-state index contributed by atoms with van der Waals surface area (Å²) in [7, 11) is 0. The van der Waals surface area contributed by atoms with Crippen molar-refractivity contribution in [2.24, 2.45) is 0 Å². The van der Waals surface area contributed by atoms with Gasteiger partial charge in [0.15, 0.2) is 5.75 Å². The number of hydrogen-bond donors (Lipinski definition) is 2. The highest BCUT2D eigenvalue weighted by Gasteiger charge is 2.40. The number of furan rings is 1. The molecule has 2 N–H and O–H groups in total. The minimum Gasteiger partial charge on any atom is -0.461 e. The standard InChI is InChI=1S/C28H33FN4O5/c1-15-20(27(35)32-13-21(29)16(32)2)12-33-25(15)22(7-9-30-33)38-18-5-6-19-23(11-18)37-17(3)24(19)26(34)31-28(4)8-10-36-14-28/h7,9,11-12,16,21,26,31,34H,5-6,8,10,13-14H2,1-4H3/t16-,21+,26?,28+/m1/s1. The third kappa shape index (κ3) is 4.11. The highest BCUT2D eigenvalue weighted by atomic mass is 19.1. The molecular formula is C28H33FN4O5. The fourth-order valence-electron chi connectivity index (χ4n) is 5.74. The lowest BCUT2D eigenvalue weighted by atomic mass is 9.95. The Morgan fingerprint density at radius 3 is 2.89 bits per heavy atom. The molecule has 2 fully saturated rings. The van der Waals surface area contributed by atoms with Gasteiger partial charge in [0, 0.05) is 48.0 Å². The molecule has 38 heavy (non-hydrogen) atoms. The maximum Gasteiger partial charge on any atom is 0.256 e. The summed E-state index contributed by atoms with van der Waals surface area (Å²) in [6.45, 7) is 8.83. The van der Waals surface area contributed by atoms with Gasteiger partial charge in [-0.25, -0.2) is 8.91 Å². The minimum absolute atomic E-state index is 0.111. The van der Waals surface area contributed by atoms with Crippen molar-refractivity contribution in [2.75, 3.05) is 19.8 Å². The number of aromatic nitrogens is 2. The average molecular weight is 525 g/mol. The van der Waals surface area contributed by atoms with Gasteiger partial charge in [0.05, 0.1) is 31.0 Å². The highest BCUT2D eigenvalue weighted by molar-refractivity contribution is 5.99. The Labute approximate surface area is 220 Å². The molecular weight excluding hydrogens is 491 g/mol. The predicted octanol–water partition coefficient (Wildman–Crippen LogP) is 3.85. The number of amides is 1. The number of nitrogens with zero attached hydrogens (tertiary/aromatic N) is 3. The van der Waals surface area contributed by atoms with Crippen molar-refractivity contribution in [1.29, 1.82) is 0 Å². The molecule has 1 aliphatic carbocycles. The Morgan fingerprint density at radius 2 is 2.18 bits per heavy atom. The van der Waals surface area contributed by atoms with Crippen LogP contribution in [0.3, 0.4) is 0 Å². The molecule has 1 amide bonds. The number of hydrogen-bond acceptors (Lipinski definition) is 7. The number of carbonyl (C=O) groups is 1. The van der Waals surface area contributed by atoms with Crippen LogP contribution in [0.1, 0.15) is 71.5 Å². The summed E-state index contributed by atoms with van der Waals surface area (Å²) in [6.07, 6.45) is 5.44. The molecule has 3 aliphatic rings. The van der Waals surface area contributed by atoms with Gasteiger partial charge in [-0.2, -0.15) is 5.10 Å². The van der Waals surface area contributed by atoms with Gasteiger partial charge in [0.25, 0.3) is 5.91 Å². The average Bonchev–Trinajstić information content (AvgIpc) is 3.56. The molecule has 3 aromatic rings. The van der Waals surface area contributed by atoms with Crippen molar-refractivity contribution in [2.45, 2.75) is 70.9 Å². The topological polar surface area (TPSA) is 101 Å². The van der Waals surface area contributed by atoms with Crippen LogP contribution in [-0.4, -0.2) is 63.0 Å². The largest absolute Gasteiger partial charge is 0.461 e. The molecule has 9 nitrogen and oxygen atoms in total. The fraction of sp³-hybridized carbons (Fsp3) is 0.500. The zero-order chi connectivity index (χ0) is 26.8. The maximum absolute atomic E-state index is 13.7. The number of allylic oxidation sites excluding steroid dienone is 1. The van der Waals surface area contributed by atoms with E-state index in [9.17, 15) is 14.3 Å².